The molecule has 0 atom stereocenters. The van der Waals surface area contributed by atoms with Crippen molar-refractivity contribution < 1.29 is 18.3 Å². The Labute approximate surface area is 157 Å². The highest BCUT2D eigenvalue weighted by Gasteiger charge is 2.24. The molecule has 0 saturated heterocycles. The van der Waals surface area contributed by atoms with E-state index in [0.29, 0.717) is 22.6 Å². The normalized spacial score (nSPS) is 19.3. The van der Waals surface area contributed by atoms with Crippen LogP contribution in [0.4, 0.5) is 19.3 Å². The van der Waals surface area contributed by atoms with E-state index in [1.165, 1.54) is 0 Å². The van der Waals surface area contributed by atoms with Gasteiger partial charge in [-0.25, -0.2) is 13.6 Å². The summed E-state index contributed by atoms with van der Waals surface area (Å²) in [4.78, 5) is 12.1. The summed E-state index contributed by atoms with van der Waals surface area (Å²) in [5, 5.41) is 5.69. The summed E-state index contributed by atoms with van der Waals surface area (Å²) in [5.41, 5.74) is 1.66. The second kappa shape index (κ2) is 9.35. The molecular formula is C21H24F2N2O2. The van der Waals surface area contributed by atoms with Crippen molar-refractivity contribution in [1.82, 2.24) is 5.32 Å². The fourth-order valence-electron chi connectivity index (χ4n) is 3.32. The molecular weight excluding hydrogens is 350 g/mol. The summed E-state index contributed by atoms with van der Waals surface area (Å²) in [6, 6.07) is 13.6. The van der Waals surface area contributed by atoms with E-state index in [1.54, 1.807) is 42.5 Å². The standard InChI is InChI=1S/C21H24F2N2O2/c22-13-15-4-3-6-18(12-15)25-21(26)24-17-8-10-19(11-9-17)27-20-7-2-1-5-16(20)14-23/h1-7,12,17,19H,8-11,13-14H2,(H2,24,25,26). The van der Waals surface area contributed by atoms with Gasteiger partial charge in [-0.15, -0.1) is 0 Å². The minimum Gasteiger partial charge on any atom is -0.490 e. The monoisotopic (exact) mass is 374 g/mol. The molecule has 2 N–H and O–H groups in total. The largest absolute Gasteiger partial charge is 0.490 e. The summed E-state index contributed by atoms with van der Waals surface area (Å²) in [7, 11) is 0. The first-order valence-electron chi connectivity index (χ1n) is 9.21. The van der Waals surface area contributed by atoms with Crippen molar-refractivity contribution in [2.24, 2.45) is 0 Å². The van der Waals surface area contributed by atoms with Gasteiger partial charge in [-0.3, -0.25) is 0 Å². The molecule has 4 nitrogen and oxygen atoms in total. The first-order valence-corrected chi connectivity index (χ1v) is 9.21. The quantitative estimate of drug-likeness (QED) is 0.736. The van der Waals surface area contributed by atoms with Gasteiger partial charge in [0.2, 0.25) is 0 Å². The van der Waals surface area contributed by atoms with E-state index < -0.39 is 13.3 Å². The number of benzene rings is 2. The fourth-order valence-corrected chi connectivity index (χ4v) is 3.32. The lowest BCUT2D eigenvalue weighted by Gasteiger charge is -2.30. The Morgan fingerprint density at radius 3 is 2.52 bits per heavy atom. The van der Waals surface area contributed by atoms with Gasteiger partial charge < -0.3 is 15.4 Å². The molecule has 144 valence electrons. The van der Waals surface area contributed by atoms with Crippen molar-refractivity contribution in [3.8, 4) is 5.75 Å². The summed E-state index contributed by atoms with van der Waals surface area (Å²) < 4.78 is 31.7. The fraction of sp³-hybridized carbons (Fsp3) is 0.381. The number of anilines is 1. The van der Waals surface area contributed by atoms with E-state index >= 15 is 0 Å². The second-order valence-electron chi connectivity index (χ2n) is 6.77. The van der Waals surface area contributed by atoms with Crippen LogP contribution in [-0.4, -0.2) is 18.2 Å². The molecule has 0 spiro atoms. The number of urea groups is 1. The Morgan fingerprint density at radius 2 is 1.78 bits per heavy atom. The number of carbonyl (C=O) groups is 1. The third kappa shape index (κ3) is 5.42. The van der Waals surface area contributed by atoms with E-state index in [-0.39, 0.29) is 18.2 Å². The van der Waals surface area contributed by atoms with Gasteiger partial charge in [0.15, 0.2) is 0 Å². The zero-order valence-electron chi connectivity index (χ0n) is 15.1. The van der Waals surface area contributed by atoms with Crippen LogP contribution in [0.3, 0.4) is 0 Å². The summed E-state index contributed by atoms with van der Waals surface area (Å²) in [6.45, 7) is -1.11. The number of carbonyl (C=O) groups excluding carboxylic acids is 1. The molecule has 0 aromatic heterocycles. The number of hydrogen-bond acceptors (Lipinski definition) is 2. The predicted molar refractivity (Wildman–Crippen MR) is 101 cm³/mol. The Kier molecular flexibility index (Phi) is 6.63. The van der Waals surface area contributed by atoms with Gasteiger partial charge >= 0.3 is 6.03 Å². The van der Waals surface area contributed by atoms with E-state index in [0.717, 1.165) is 25.7 Å². The van der Waals surface area contributed by atoms with Gasteiger partial charge in [-0.1, -0.05) is 30.3 Å². The van der Waals surface area contributed by atoms with Gasteiger partial charge in [0.25, 0.3) is 0 Å². The SMILES string of the molecule is O=C(Nc1cccc(CF)c1)NC1CCC(Oc2ccccc2CF)CC1. The number of rotatable bonds is 6. The third-order valence-corrected chi connectivity index (χ3v) is 4.76. The Bertz CT molecular complexity index is 761. The molecule has 0 radical (unpaired) electrons. The number of halogens is 2. The van der Waals surface area contributed by atoms with Crippen LogP contribution in [0.25, 0.3) is 0 Å². The zero-order valence-corrected chi connectivity index (χ0v) is 15.1. The second-order valence-corrected chi connectivity index (χ2v) is 6.77. The molecule has 0 bridgehead atoms. The van der Waals surface area contributed by atoms with E-state index in [9.17, 15) is 13.6 Å². The maximum Gasteiger partial charge on any atom is 0.319 e. The first kappa shape index (κ1) is 19.1. The van der Waals surface area contributed by atoms with Gasteiger partial charge in [-0.2, -0.15) is 0 Å². The Hall–Kier alpha value is -2.63. The van der Waals surface area contributed by atoms with Crippen LogP contribution in [0.1, 0.15) is 36.8 Å². The molecule has 2 aromatic carbocycles. The van der Waals surface area contributed by atoms with E-state index in [1.807, 2.05) is 6.07 Å². The molecule has 0 aliphatic heterocycles. The van der Waals surface area contributed by atoms with Crippen molar-refractivity contribution in [2.75, 3.05) is 5.32 Å². The molecule has 0 unspecified atom stereocenters. The highest BCUT2D eigenvalue weighted by atomic mass is 19.1. The molecule has 1 aliphatic carbocycles. The molecule has 1 saturated carbocycles. The molecule has 6 heteroatoms. The van der Waals surface area contributed by atoms with Gasteiger partial charge in [0, 0.05) is 17.3 Å². The summed E-state index contributed by atoms with van der Waals surface area (Å²) in [6.07, 6.45) is 3.20. The van der Waals surface area contributed by atoms with Crippen molar-refractivity contribution in [3.63, 3.8) is 0 Å². The van der Waals surface area contributed by atoms with E-state index in [4.69, 9.17) is 4.74 Å². The van der Waals surface area contributed by atoms with Gasteiger partial charge in [0.1, 0.15) is 19.1 Å². The van der Waals surface area contributed by atoms with Crippen molar-refractivity contribution in [2.45, 2.75) is 51.2 Å². The van der Waals surface area contributed by atoms with Crippen molar-refractivity contribution >= 4 is 11.7 Å². The van der Waals surface area contributed by atoms with Crippen molar-refractivity contribution in [1.29, 1.82) is 0 Å². The highest BCUT2D eigenvalue weighted by molar-refractivity contribution is 5.89. The predicted octanol–water partition coefficient (Wildman–Crippen LogP) is 5.14. The highest BCUT2D eigenvalue weighted by Crippen LogP contribution is 2.27. The lowest BCUT2D eigenvalue weighted by Crippen LogP contribution is -2.41. The first-order chi connectivity index (χ1) is 13.2. The third-order valence-electron chi connectivity index (χ3n) is 4.76. The summed E-state index contributed by atoms with van der Waals surface area (Å²) in [5.74, 6) is 0.599. The average molecular weight is 374 g/mol. The van der Waals surface area contributed by atoms with Crippen LogP contribution in [0.15, 0.2) is 48.5 Å². The molecule has 2 aromatic rings. The minimum absolute atomic E-state index is 0.0278. The van der Waals surface area contributed by atoms with Crippen LogP contribution in [0.5, 0.6) is 5.75 Å². The average Bonchev–Trinajstić information content (AvgIpc) is 2.70. The van der Waals surface area contributed by atoms with Crippen LogP contribution >= 0.6 is 0 Å². The van der Waals surface area contributed by atoms with Gasteiger partial charge in [0.05, 0.1) is 6.10 Å². The molecule has 0 heterocycles. The lowest BCUT2D eigenvalue weighted by atomic mass is 9.93. The number of ether oxygens (including phenoxy) is 1. The van der Waals surface area contributed by atoms with Crippen molar-refractivity contribution in [3.05, 3.63) is 59.7 Å². The topological polar surface area (TPSA) is 50.4 Å². The Balaban J connectivity index is 1.45. The number of alkyl halides is 2. The molecule has 2 amide bonds. The maximum atomic E-state index is 13.0. The Morgan fingerprint density at radius 1 is 1.00 bits per heavy atom. The molecule has 1 aliphatic rings. The van der Waals surface area contributed by atoms with Gasteiger partial charge in [-0.05, 0) is 49.4 Å². The molecule has 1 fully saturated rings. The van der Waals surface area contributed by atoms with Crippen LogP contribution in [-0.2, 0) is 13.3 Å². The summed E-state index contributed by atoms with van der Waals surface area (Å²) >= 11 is 0. The lowest BCUT2D eigenvalue weighted by molar-refractivity contribution is 0.139. The number of amides is 2. The minimum atomic E-state index is -0.563. The number of para-hydroxylation sites is 1. The molecule has 27 heavy (non-hydrogen) atoms. The molecule has 3 rings (SSSR count). The number of hydrogen-bond donors (Lipinski definition) is 2. The number of nitrogens with one attached hydrogen (secondary N) is 2. The smallest absolute Gasteiger partial charge is 0.319 e. The van der Waals surface area contributed by atoms with Crippen LogP contribution in [0, 0.1) is 0 Å². The van der Waals surface area contributed by atoms with E-state index in [2.05, 4.69) is 10.6 Å². The van der Waals surface area contributed by atoms with Crippen LogP contribution < -0.4 is 15.4 Å². The van der Waals surface area contributed by atoms with Crippen LogP contribution in [0.2, 0.25) is 0 Å². The maximum absolute atomic E-state index is 13.0. The zero-order chi connectivity index (χ0) is 19.1.